The summed E-state index contributed by atoms with van der Waals surface area (Å²) in [4.78, 5) is 19.0. The number of nitrogens with zero attached hydrogens (tertiary/aromatic N) is 4. The predicted molar refractivity (Wildman–Crippen MR) is 106 cm³/mol. The zero-order chi connectivity index (χ0) is 19.6. The fraction of sp³-hybridized carbons (Fsp3) is 0.611. The van der Waals surface area contributed by atoms with E-state index in [0.29, 0.717) is 44.8 Å². The Labute approximate surface area is 166 Å². The van der Waals surface area contributed by atoms with Gasteiger partial charge in [0.25, 0.3) is 5.91 Å². The number of benzene rings is 1. The van der Waals surface area contributed by atoms with Crippen LogP contribution in [0.15, 0.2) is 23.1 Å². The minimum Gasteiger partial charge on any atom is -0.336 e. The quantitative estimate of drug-likeness (QED) is 0.737. The van der Waals surface area contributed by atoms with E-state index in [1.807, 2.05) is 7.05 Å². The number of carbonyl (C=O) groups is 1. The number of hydrogen-bond acceptors (Lipinski definition) is 5. The Balaban J connectivity index is 1.81. The molecule has 0 unspecified atom stereocenters. The summed E-state index contributed by atoms with van der Waals surface area (Å²) in [6.07, 6.45) is 0. The maximum Gasteiger partial charge on any atom is 0.253 e. The first kappa shape index (κ1) is 20.5. The number of halogens is 1. The Morgan fingerprint density at radius 2 is 1.67 bits per heavy atom. The summed E-state index contributed by atoms with van der Waals surface area (Å²) >= 11 is 6.21. The summed E-state index contributed by atoms with van der Waals surface area (Å²) in [6.45, 7) is 8.24. The highest BCUT2D eigenvalue weighted by Gasteiger charge is 2.30. The van der Waals surface area contributed by atoms with Crippen molar-refractivity contribution < 1.29 is 13.2 Å². The molecule has 1 amide bonds. The van der Waals surface area contributed by atoms with Crippen molar-refractivity contribution in [3.8, 4) is 0 Å². The van der Waals surface area contributed by atoms with Crippen LogP contribution in [0.1, 0.15) is 17.3 Å². The van der Waals surface area contributed by atoms with Crippen molar-refractivity contribution in [2.75, 3.05) is 66.0 Å². The highest BCUT2D eigenvalue weighted by molar-refractivity contribution is 7.89. The second-order valence-electron chi connectivity index (χ2n) is 7.08. The third kappa shape index (κ3) is 4.46. The van der Waals surface area contributed by atoms with Crippen LogP contribution in [-0.2, 0) is 10.0 Å². The van der Waals surface area contributed by atoms with E-state index < -0.39 is 10.0 Å². The van der Waals surface area contributed by atoms with E-state index in [2.05, 4.69) is 16.7 Å². The molecule has 2 saturated heterocycles. The molecule has 1 aromatic rings. The minimum atomic E-state index is -3.72. The molecule has 0 atom stereocenters. The highest BCUT2D eigenvalue weighted by Crippen LogP contribution is 2.27. The molecule has 150 valence electrons. The molecule has 27 heavy (non-hydrogen) atoms. The van der Waals surface area contributed by atoms with Crippen LogP contribution in [-0.4, -0.2) is 99.3 Å². The summed E-state index contributed by atoms with van der Waals surface area (Å²) < 4.78 is 27.5. The molecule has 7 nitrogen and oxygen atoms in total. The molecular formula is C18H27ClN4O3S. The Hall–Kier alpha value is -1.19. The second kappa shape index (κ2) is 8.45. The predicted octanol–water partition coefficient (Wildman–Crippen LogP) is 1.05. The molecule has 2 fully saturated rings. The summed E-state index contributed by atoms with van der Waals surface area (Å²) in [7, 11) is -1.75. The summed E-state index contributed by atoms with van der Waals surface area (Å²) in [6, 6.07) is 4.56. The molecule has 0 bridgehead atoms. The molecule has 3 rings (SSSR count). The fourth-order valence-electron chi connectivity index (χ4n) is 3.45. The summed E-state index contributed by atoms with van der Waals surface area (Å²) in [5.41, 5.74) is 0.372. The Morgan fingerprint density at radius 3 is 2.26 bits per heavy atom. The molecule has 0 N–H and O–H groups in total. The topological polar surface area (TPSA) is 64.2 Å². The van der Waals surface area contributed by atoms with Gasteiger partial charge in [-0.15, -0.1) is 0 Å². The zero-order valence-corrected chi connectivity index (χ0v) is 17.5. The molecule has 1 aromatic carbocycles. The van der Waals surface area contributed by atoms with Crippen LogP contribution in [0.5, 0.6) is 0 Å². The van der Waals surface area contributed by atoms with Gasteiger partial charge in [0, 0.05) is 57.9 Å². The Bertz CT molecular complexity index is 786. The van der Waals surface area contributed by atoms with E-state index >= 15 is 0 Å². The normalized spacial score (nSPS) is 20.8. The minimum absolute atomic E-state index is 0.0202. The van der Waals surface area contributed by atoms with Crippen molar-refractivity contribution in [1.29, 1.82) is 0 Å². The average Bonchev–Trinajstić information content (AvgIpc) is 2.68. The molecule has 9 heteroatoms. The maximum atomic E-state index is 13.0. The molecule has 2 aliphatic rings. The van der Waals surface area contributed by atoms with Gasteiger partial charge < -0.3 is 14.7 Å². The van der Waals surface area contributed by atoms with Gasteiger partial charge in [-0.05, 0) is 31.8 Å². The lowest BCUT2D eigenvalue weighted by Crippen LogP contribution is -2.48. The maximum absolute atomic E-state index is 13.0. The van der Waals surface area contributed by atoms with Crippen LogP contribution in [0.3, 0.4) is 0 Å². The van der Waals surface area contributed by atoms with Gasteiger partial charge in [-0.25, -0.2) is 8.42 Å². The van der Waals surface area contributed by atoms with E-state index in [9.17, 15) is 13.2 Å². The number of piperazine rings is 2. The molecule has 0 spiro atoms. The number of sulfonamides is 1. The van der Waals surface area contributed by atoms with Gasteiger partial charge >= 0.3 is 0 Å². The van der Waals surface area contributed by atoms with Crippen LogP contribution < -0.4 is 0 Å². The summed E-state index contributed by atoms with van der Waals surface area (Å²) in [5, 5.41) is 0.154. The van der Waals surface area contributed by atoms with Crippen LogP contribution in [0.4, 0.5) is 0 Å². The number of hydrogen-bond donors (Lipinski definition) is 0. The van der Waals surface area contributed by atoms with E-state index in [1.165, 1.54) is 16.4 Å². The molecule has 0 aromatic heterocycles. The van der Waals surface area contributed by atoms with Crippen molar-refractivity contribution in [3.05, 3.63) is 28.8 Å². The van der Waals surface area contributed by atoms with Crippen molar-refractivity contribution in [2.24, 2.45) is 0 Å². The standard InChI is InChI=1S/C18H27ClN4O3S/c1-3-21-8-10-22(11-9-21)18(24)15-4-5-16(19)17(14-15)27(25,26)23-12-6-20(2)7-13-23/h4-5,14H,3,6-13H2,1-2H3. The molecule has 0 saturated carbocycles. The van der Waals surface area contributed by atoms with E-state index in [4.69, 9.17) is 11.6 Å². The molecule has 2 heterocycles. The van der Waals surface area contributed by atoms with Crippen molar-refractivity contribution >= 4 is 27.5 Å². The lowest BCUT2D eigenvalue weighted by Gasteiger charge is -2.34. The number of rotatable bonds is 4. The van der Waals surface area contributed by atoms with Crippen molar-refractivity contribution in [2.45, 2.75) is 11.8 Å². The first-order valence-electron chi connectivity index (χ1n) is 9.33. The van der Waals surface area contributed by atoms with Crippen LogP contribution in [0, 0.1) is 0 Å². The van der Waals surface area contributed by atoms with Gasteiger partial charge in [-0.3, -0.25) is 4.79 Å². The highest BCUT2D eigenvalue weighted by atomic mass is 35.5. The van der Waals surface area contributed by atoms with Crippen LogP contribution in [0.25, 0.3) is 0 Å². The van der Waals surface area contributed by atoms with Gasteiger partial charge in [0.2, 0.25) is 10.0 Å². The second-order valence-corrected chi connectivity index (χ2v) is 9.39. The van der Waals surface area contributed by atoms with Crippen molar-refractivity contribution in [3.63, 3.8) is 0 Å². The Morgan fingerprint density at radius 1 is 1.04 bits per heavy atom. The van der Waals surface area contributed by atoms with Crippen molar-refractivity contribution in [1.82, 2.24) is 19.0 Å². The molecule has 2 aliphatic heterocycles. The number of amides is 1. The van der Waals surface area contributed by atoms with Crippen LogP contribution >= 0.6 is 11.6 Å². The Kier molecular flexibility index (Phi) is 6.43. The first-order valence-corrected chi connectivity index (χ1v) is 11.1. The van der Waals surface area contributed by atoms with Gasteiger partial charge in [0.1, 0.15) is 4.90 Å². The smallest absolute Gasteiger partial charge is 0.253 e. The largest absolute Gasteiger partial charge is 0.336 e. The molecule has 0 aliphatic carbocycles. The van der Waals surface area contributed by atoms with E-state index in [0.717, 1.165) is 19.6 Å². The SMILES string of the molecule is CCN1CCN(C(=O)c2ccc(Cl)c(S(=O)(=O)N3CCN(C)CC3)c2)CC1. The lowest BCUT2D eigenvalue weighted by atomic mass is 10.2. The lowest BCUT2D eigenvalue weighted by molar-refractivity contribution is 0.0643. The third-order valence-electron chi connectivity index (χ3n) is 5.36. The monoisotopic (exact) mass is 414 g/mol. The van der Waals surface area contributed by atoms with Gasteiger partial charge in [0.15, 0.2) is 0 Å². The summed E-state index contributed by atoms with van der Waals surface area (Å²) in [5.74, 6) is -0.141. The van der Waals surface area contributed by atoms with E-state index in [1.54, 1.807) is 11.0 Å². The van der Waals surface area contributed by atoms with Crippen LogP contribution in [0.2, 0.25) is 5.02 Å². The third-order valence-corrected chi connectivity index (χ3v) is 7.75. The number of likely N-dealkylation sites (N-methyl/N-ethyl adjacent to an activating group) is 2. The first-order chi connectivity index (χ1) is 12.8. The van der Waals surface area contributed by atoms with Gasteiger partial charge in [0.05, 0.1) is 5.02 Å². The zero-order valence-electron chi connectivity index (χ0n) is 15.9. The van der Waals surface area contributed by atoms with E-state index in [-0.39, 0.29) is 15.8 Å². The number of carbonyl (C=O) groups excluding carboxylic acids is 1. The fourth-order valence-corrected chi connectivity index (χ4v) is 5.37. The molecule has 0 radical (unpaired) electrons. The van der Waals surface area contributed by atoms with Gasteiger partial charge in [-0.1, -0.05) is 18.5 Å². The van der Waals surface area contributed by atoms with Gasteiger partial charge in [-0.2, -0.15) is 4.31 Å². The average molecular weight is 415 g/mol. The molecular weight excluding hydrogens is 388 g/mol.